The highest BCUT2D eigenvalue weighted by atomic mass is 16.3. The number of likely N-dealkylation sites (N-methyl/N-ethyl adjacent to an activating group) is 1. The molecule has 1 aliphatic heterocycles. The summed E-state index contributed by atoms with van der Waals surface area (Å²) in [7, 11) is 1.87. The van der Waals surface area contributed by atoms with Crippen LogP contribution < -0.4 is 0 Å². The summed E-state index contributed by atoms with van der Waals surface area (Å²) in [4.78, 5) is 29.8. The van der Waals surface area contributed by atoms with Gasteiger partial charge in [-0.1, -0.05) is 42.5 Å². The first-order valence-corrected chi connectivity index (χ1v) is 10.3. The van der Waals surface area contributed by atoms with E-state index in [1.165, 1.54) is 6.07 Å². The van der Waals surface area contributed by atoms with E-state index in [1.54, 1.807) is 18.2 Å². The van der Waals surface area contributed by atoms with Crippen LogP contribution in [0.25, 0.3) is 0 Å². The average molecular weight is 395 g/mol. The van der Waals surface area contributed by atoms with E-state index in [0.717, 1.165) is 31.5 Å². The van der Waals surface area contributed by atoms with Crippen LogP contribution in [0.2, 0.25) is 0 Å². The van der Waals surface area contributed by atoms with Crippen molar-refractivity contribution in [2.45, 2.75) is 31.6 Å². The van der Waals surface area contributed by atoms with Gasteiger partial charge in [-0.05, 0) is 50.6 Å². The number of carbonyl (C=O) groups is 2. The second-order valence-corrected chi connectivity index (χ2v) is 7.80. The van der Waals surface area contributed by atoms with Gasteiger partial charge in [-0.2, -0.15) is 0 Å². The van der Waals surface area contributed by atoms with E-state index in [9.17, 15) is 14.7 Å². The third-order valence-corrected chi connectivity index (χ3v) is 6.13. The zero-order valence-electron chi connectivity index (χ0n) is 17.3. The number of aromatic hydroxyl groups is 1. The van der Waals surface area contributed by atoms with Gasteiger partial charge < -0.3 is 14.9 Å². The van der Waals surface area contributed by atoms with Crippen molar-refractivity contribution >= 4 is 11.7 Å². The van der Waals surface area contributed by atoms with Crippen LogP contribution in [0.15, 0.2) is 54.6 Å². The Bertz CT molecular complexity index is 842. The first kappa shape index (κ1) is 21.1. The molecule has 0 atom stereocenters. The molecule has 0 aliphatic carbocycles. The Balaban J connectivity index is 1.67. The van der Waals surface area contributed by atoms with Crippen LogP contribution in [0.3, 0.4) is 0 Å². The molecule has 2 aromatic carbocycles. The fourth-order valence-electron chi connectivity index (χ4n) is 4.15. The highest BCUT2D eigenvalue weighted by molar-refractivity contribution is 5.98. The highest BCUT2D eigenvalue weighted by Gasteiger charge is 2.43. The average Bonchev–Trinajstić information content (AvgIpc) is 2.77. The lowest BCUT2D eigenvalue weighted by Crippen LogP contribution is -2.52. The number of amides is 1. The second-order valence-electron chi connectivity index (χ2n) is 7.80. The molecule has 1 amide bonds. The van der Waals surface area contributed by atoms with Crippen molar-refractivity contribution in [1.29, 1.82) is 0 Å². The maximum atomic E-state index is 13.3. The maximum Gasteiger partial charge on any atom is 0.233 e. The maximum absolute atomic E-state index is 13.3. The number of Topliss-reactive ketones (excluding diaryl/α,β-unsaturated/α-hetero) is 1. The monoisotopic (exact) mass is 394 g/mol. The normalized spacial score (nSPS) is 16.3. The zero-order valence-corrected chi connectivity index (χ0v) is 17.3. The predicted octanol–water partition coefficient (Wildman–Crippen LogP) is 3.48. The van der Waals surface area contributed by atoms with Gasteiger partial charge >= 0.3 is 0 Å². The summed E-state index contributed by atoms with van der Waals surface area (Å²) in [5.41, 5.74) is 0.961. The van der Waals surface area contributed by atoms with Gasteiger partial charge in [0.05, 0.1) is 11.0 Å². The van der Waals surface area contributed by atoms with E-state index in [0.29, 0.717) is 25.1 Å². The lowest BCUT2D eigenvalue weighted by atomic mass is 9.71. The van der Waals surface area contributed by atoms with Crippen LogP contribution in [0.1, 0.15) is 42.1 Å². The van der Waals surface area contributed by atoms with Crippen LogP contribution in [0, 0.1) is 0 Å². The molecular weight excluding hydrogens is 364 g/mol. The van der Waals surface area contributed by atoms with Crippen molar-refractivity contribution in [3.05, 3.63) is 65.7 Å². The minimum Gasteiger partial charge on any atom is -0.507 e. The summed E-state index contributed by atoms with van der Waals surface area (Å²) in [6, 6.07) is 16.7. The molecule has 0 radical (unpaired) electrons. The summed E-state index contributed by atoms with van der Waals surface area (Å²) in [6.07, 6.45) is 1.84. The molecule has 1 fully saturated rings. The molecule has 1 heterocycles. The molecule has 1 aliphatic rings. The minimum atomic E-state index is -0.496. The van der Waals surface area contributed by atoms with Crippen molar-refractivity contribution in [3.63, 3.8) is 0 Å². The molecule has 29 heavy (non-hydrogen) atoms. The van der Waals surface area contributed by atoms with Crippen LogP contribution in [0.5, 0.6) is 5.75 Å². The number of carbonyl (C=O) groups excluding carboxylic acids is 2. The summed E-state index contributed by atoms with van der Waals surface area (Å²) in [5, 5.41) is 9.87. The van der Waals surface area contributed by atoms with E-state index in [2.05, 4.69) is 17.0 Å². The molecule has 0 unspecified atom stereocenters. The SMILES string of the molecule is CCN(C)C(=O)C1(c2ccccc2)CCN(CCC(=O)c2ccccc2O)CC1. The molecule has 154 valence electrons. The molecule has 0 bridgehead atoms. The number of hydrogen-bond acceptors (Lipinski definition) is 4. The number of benzene rings is 2. The molecule has 1 N–H and O–H groups in total. The fourth-order valence-corrected chi connectivity index (χ4v) is 4.15. The molecule has 2 aromatic rings. The van der Waals surface area contributed by atoms with Crippen molar-refractivity contribution in [2.75, 3.05) is 33.2 Å². The van der Waals surface area contributed by atoms with Crippen molar-refractivity contribution in [3.8, 4) is 5.75 Å². The van der Waals surface area contributed by atoms with Crippen molar-refractivity contribution in [2.24, 2.45) is 0 Å². The number of hydrogen-bond donors (Lipinski definition) is 1. The van der Waals surface area contributed by atoms with Crippen molar-refractivity contribution < 1.29 is 14.7 Å². The van der Waals surface area contributed by atoms with E-state index in [4.69, 9.17) is 0 Å². The van der Waals surface area contributed by atoms with Gasteiger partial charge in [0.2, 0.25) is 5.91 Å². The van der Waals surface area contributed by atoms with E-state index in [-0.39, 0.29) is 17.4 Å². The quantitative estimate of drug-likeness (QED) is 0.731. The van der Waals surface area contributed by atoms with Gasteiger partial charge in [0.1, 0.15) is 5.75 Å². The van der Waals surface area contributed by atoms with Gasteiger partial charge in [-0.25, -0.2) is 0 Å². The molecule has 0 saturated carbocycles. The third-order valence-electron chi connectivity index (χ3n) is 6.13. The topological polar surface area (TPSA) is 60.9 Å². The Hall–Kier alpha value is -2.66. The molecule has 5 heteroatoms. The zero-order chi connectivity index (χ0) is 20.9. The summed E-state index contributed by atoms with van der Waals surface area (Å²) in [6.45, 7) is 4.86. The van der Waals surface area contributed by atoms with Gasteiger partial charge in [-0.15, -0.1) is 0 Å². The largest absolute Gasteiger partial charge is 0.507 e. The molecule has 5 nitrogen and oxygen atoms in total. The number of nitrogens with zero attached hydrogens (tertiary/aromatic N) is 2. The van der Waals surface area contributed by atoms with E-state index in [1.807, 2.05) is 37.1 Å². The van der Waals surface area contributed by atoms with Gasteiger partial charge in [-0.3, -0.25) is 9.59 Å². The molecule has 0 aromatic heterocycles. The fraction of sp³-hybridized carbons (Fsp3) is 0.417. The number of rotatable bonds is 7. The third kappa shape index (κ3) is 4.51. The Morgan fingerprint density at radius 3 is 2.28 bits per heavy atom. The summed E-state index contributed by atoms with van der Waals surface area (Å²) < 4.78 is 0. The molecule has 3 rings (SSSR count). The standard InChI is InChI=1S/C24H30N2O3/c1-3-25(2)23(29)24(19-9-5-4-6-10-19)14-17-26(18-15-24)16-13-22(28)20-11-7-8-12-21(20)27/h4-12,27H,3,13-18H2,1-2H3. The number of likely N-dealkylation sites (tertiary alicyclic amines) is 1. The second kappa shape index (κ2) is 9.23. The van der Waals surface area contributed by atoms with Crippen LogP contribution in [-0.2, 0) is 10.2 Å². The first-order chi connectivity index (χ1) is 14.0. The Morgan fingerprint density at radius 2 is 1.66 bits per heavy atom. The van der Waals surface area contributed by atoms with Gasteiger partial charge in [0.25, 0.3) is 0 Å². The molecule has 0 spiro atoms. The Morgan fingerprint density at radius 1 is 1.03 bits per heavy atom. The lowest BCUT2D eigenvalue weighted by Gasteiger charge is -2.42. The minimum absolute atomic E-state index is 0.0347. The van der Waals surface area contributed by atoms with Gasteiger partial charge in [0, 0.05) is 26.6 Å². The van der Waals surface area contributed by atoms with E-state index < -0.39 is 5.41 Å². The summed E-state index contributed by atoms with van der Waals surface area (Å²) in [5.74, 6) is 0.161. The van der Waals surface area contributed by atoms with Crippen LogP contribution in [0.4, 0.5) is 0 Å². The number of ketones is 1. The highest BCUT2D eigenvalue weighted by Crippen LogP contribution is 2.37. The van der Waals surface area contributed by atoms with Gasteiger partial charge in [0.15, 0.2) is 5.78 Å². The van der Waals surface area contributed by atoms with Crippen LogP contribution in [-0.4, -0.2) is 59.8 Å². The smallest absolute Gasteiger partial charge is 0.233 e. The van der Waals surface area contributed by atoms with E-state index >= 15 is 0 Å². The molecule has 1 saturated heterocycles. The number of phenols is 1. The predicted molar refractivity (Wildman–Crippen MR) is 114 cm³/mol. The lowest BCUT2D eigenvalue weighted by molar-refractivity contribution is -0.138. The Kier molecular flexibility index (Phi) is 6.70. The number of phenolic OH excluding ortho intramolecular Hbond substituents is 1. The number of para-hydroxylation sites is 1. The Labute approximate surface area is 172 Å². The first-order valence-electron chi connectivity index (χ1n) is 10.3. The van der Waals surface area contributed by atoms with Crippen molar-refractivity contribution in [1.82, 2.24) is 9.80 Å². The number of piperidine rings is 1. The summed E-state index contributed by atoms with van der Waals surface area (Å²) >= 11 is 0. The molecular formula is C24H30N2O3. The van der Waals surface area contributed by atoms with Crippen LogP contribution >= 0.6 is 0 Å².